The van der Waals surface area contributed by atoms with Crippen LogP contribution in [0.3, 0.4) is 0 Å². The summed E-state index contributed by atoms with van der Waals surface area (Å²) in [7, 11) is 0. The second-order valence-corrected chi connectivity index (χ2v) is 8.13. The molecule has 3 nitrogen and oxygen atoms in total. The highest BCUT2D eigenvalue weighted by molar-refractivity contribution is 6.34. The average Bonchev–Trinajstić information content (AvgIpc) is 3.05. The summed E-state index contributed by atoms with van der Waals surface area (Å²) in [6.07, 6.45) is -8.85. The van der Waals surface area contributed by atoms with Crippen LogP contribution >= 0.6 is 23.2 Å². The molecule has 1 aliphatic heterocycles. The molecule has 0 saturated heterocycles. The van der Waals surface area contributed by atoms with Crippen molar-refractivity contribution in [3.63, 3.8) is 0 Å². The summed E-state index contributed by atoms with van der Waals surface area (Å²) in [5, 5.41) is 0.563. The van der Waals surface area contributed by atoms with Crippen LogP contribution in [0.1, 0.15) is 29.0 Å². The predicted octanol–water partition coefficient (Wildman–Crippen LogP) is 6.84. The third-order valence-electron chi connectivity index (χ3n) is 4.81. The van der Waals surface area contributed by atoms with Crippen molar-refractivity contribution in [3.8, 4) is 0 Å². The molecule has 1 N–H and O–H groups in total. The lowest BCUT2D eigenvalue weighted by atomic mass is 9.96. The van der Waals surface area contributed by atoms with Gasteiger partial charge in [0.15, 0.2) is 0 Å². The number of hydrogen-bond acceptors (Lipinski definition) is 2. The Balaban J connectivity index is 1.82. The Morgan fingerprint density at radius 3 is 2.45 bits per heavy atom. The Hall–Kier alpha value is -2.46. The summed E-state index contributed by atoms with van der Waals surface area (Å²) in [6.45, 7) is 0.198. The fraction of sp³-hybridized carbons (Fsp3) is 0.286. The molecule has 0 spiro atoms. The number of fused-ring (bicyclic) bond motifs is 1. The summed E-state index contributed by atoms with van der Waals surface area (Å²) in [4.78, 5) is 11.5. The van der Waals surface area contributed by atoms with E-state index < -0.39 is 47.0 Å². The first-order valence-electron chi connectivity index (χ1n) is 9.40. The van der Waals surface area contributed by atoms with Gasteiger partial charge in [-0.1, -0.05) is 41.4 Å². The number of nitrogens with one attached hydrogen (secondary N) is 1. The Morgan fingerprint density at radius 1 is 1.12 bits per heavy atom. The molecular weight excluding hydrogens is 500 g/mol. The summed E-state index contributed by atoms with van der Waals surface area (Å²) in [5.41, 5.74) is 2.83. The first kappa shape index (κ1) is 25.2. The second kappa shape index (κ2) is 9.42. The molecule has 0 aliphatic carbocycles. The maximum atomic E-state index is 14.3. The number of hydrazine groups is 1. The van der Waals surface area contributed by atoms with Gasteiger partial charge in [-0.3, -0.25) is 15.2 Å². The van der Waals surface area contributed by atoms with Crippen LogP contribution < -0.4 is 10.4 Å². The van der Waals surface area contributed by atoms with E-state index in [2.05, 4.69) is 5.43 Å². The zero-order valence-corrected chi connectivity index (χ0v) is 18.0. The zero-order chi connectivity index (χ0) is 24.6. The van der Waals surface area contributed by atoms with E-state index in [1.54, 1.807) is 0 Å². The molecule has 2 aromatic carbocycles. The van der Waals surface area contributed by atoms with E-state index in [-0.39, 0.29) is 11.6 Å². The summed E-state index contributed by atoms with van der Waals surface area (Å²) < 4.78 is 92.2. The lowest BCUT2D eigenvalue weighted by molar-refractivity contribution is -0.153. The second-order valence-electron chi connectivity index (χ2n) is 7.29. The van der Waals surface area contributed by atoms with Gasteiger partial charge in [-0.05, 0) is 41.8 Å². The van der Waals surface area contributed by atoms with Gasteiger partial charge < -0.3 is 0 Å². The number of rotatable bonds is 5. The van der Waals surface area contributed by atoms with Crippen LogP contribution in [0.15, 0.2) is 36.4 Å². The largest absolute Gasteiger partial charge is 0.399 e. The quantitative estimate of drug-likeness (QED) is 0.350. The molecular formula is C21H15Cl2F7N2O. The highest BCUT2D eigenvalue weighted by atomic mass is 35.5. The van der Waals surface area contributed by atoms with Gasteiger partial charge in [0.1, 0.15) is 18.2 Å². The number of anilines is 1. The lowest BCUT2D eigenvalue weighted by Gasteiger charge is -2.21. The average molecular weight is 515 g/mol. The van der Waals surface area contributed by atoms with Crippen molar-refractivity contribution in [2.24, 2.45) is 0 Å². The minimum absolute atomic E-state index is 0.149. The van der Waals surface area contributed by atoms with Crippen LogP contribution in [0.5, 0.6) is 0 Å². The molecule has 0 radical (unpaired) electrons. The van der Waals surface area contributed by atoms with E-state index in [0.29, 0.717) is 23.2 Å². The van der Waals surface area contributed by atoms with Gasteiger partial charge in [0.05, 0.1) is 10.7 Å². The van der Waals surface area contributed by atoms with Gasteiger partial charge in [-0.15, -0.1) is 0 Å². The molecule has 2 aromatic rings. The van der Waals surface area contributed by atoms with E-state index in [1.165, 1.54) is 23.2 Å². The van der Waals surface area contributed by atoms with Crippen molar-refractivity contribution >= 4 is 40.9 Å². The molecule has 33 heavy (non-hydrogen) atoms. The van der Waals surface area contributed by atoms with Crippen molar-refractivity contribution in [2.45, 2.75) is 31.1 Å². The maximum Gasteiger partial charge on any atom is 0.399 e. The van der Waals surface area contributed by atoms with Crippen LogP contribution in [0.4, 0.5) is 36.4 Å². The van der Waals surface area contributed by atoms with E-state index in [4.69, 9.17) is 23.2 Å². The van der Waals surface area contributed by atoms with Gasteiger partial charge >= 0.3 is 12.4 Å². The van der Waals surface area contributed by atoms with Crippen molar-refractivity contribution in [1.82, 2.24) is 5.43 Å². The third kappa shape index (κ3) is 6.32. The fourth-order valence-corrected chi connectivity index (χ4v) is 3.92. The first-order valence-corrected chi connectivity index (χ1v) is 10.2. The summed E-state index contributed by atoms with van der Waals surface area (Å²) in [6, 6.07) is 6.29. The Bertz CT molecular complexity index is 1080. The van der Waals surface area contributed by atoms with Crippen LogP contribution in [-0.4, -0.2) is 24.8 Å². The van der Waals surface area contributed by atoms with Gasteiger partial charge in [-0.2, -0.15) is 26.3 Å². The number of carbonyl (C=O) groups excluding carboxylic acids is 1. The van der Waals surface area contributed by atoms with Crippen molar-refractivity contribution in [3.05, 3.63) is 69.0 Å². The van der Waals surface area contributed by atoms with E-state index in [0.717, 1.165) is 24.3 Å². The molecule has 1 aliphatic rings. The maximum absolute atomic E-state index is 14.3. The smallest absolute Gasteiger partial charge is 0.285 e. The molecule has 12 heteroatoms. The molecule has 0 aromatic heterocycles. The fourth-order valence-electron chi connectivity index (χ4n) is 3.41. The molecule has 3 rings (SSSR count). The van der Waals surface area contributed by atoms with Crippen LogP contribution in [0.25, 0.3) is 6.08 Å². The number of allylic oxidation sites excluding steroid dienone is 1. The van der Waals surface area contributed by atoms with Crippen LogP contribution in [0.2, 0.25) is 10.0 Å². The number of halogens is 9. The summed E-state index contributed by atoms with van der Waals surface area (Å²) in [5.74, 6) is -4.78. The van der Waals surface area contributed by atoms with Gasteiger partial charge in [0, 0.05) is 17.1 Å². The molecule has 1 amide bonds. The molecule has 0 bridgehead atoms. The van der Waals surface area contributed by atoms with Crippen molar-refractivity contribution in [1.29, 1.82) is 0 Å². The number of hydrogen-bond donors (Lipinski definition) is 1. The monoisotopic (exact) mass is 514 g/mol. The third-order valence-corrected chi connectivity index (χ3v) is 5.30. The molecule has 1 unspecified atom stereocenters. The Morgan fingerprint density at radius 2 is 1.82 bits per heavy atom. The molecule has 1 heterocycles. The highest BCUT2D eigenvalue weighted by Gasteiger charge is 2.41. The van der Waals surface area contributed by atoms with E-state index in [1.807, 2.05) is 0 Å². The molecule has 0 saturated carbocycles. The van der Waals surface area contributed by atoms with Gasteiger partial charge in [0.2, 0.25) is 5.91 Å². The predicted molar refractivity (Wildman–Crippen MR) is 111 cm³/mol. The normalized spacial score (nSPS) is 15.1. The van der Waals surface area contributed by atoms with E-state index in [9.17, 15) is 35.5 Å². The number of nitrogens with zero attached hydrogens (tertiary/aromatic N) is 1. The zero-order valence-electron chi connectivity index (χ0n) is 16.5. The number of carbonyl (C=O) groups is 1. The van der Waals surface area contributed by atoms with Crippen molar-refractivity contribution in [2.75, 3.05) is 11.6 Å². The molecule has 178 valence electrons. The topological polar surface area (TPSA) is 32.3 Å². The lowest BCUT2D eigenvalue weighted by Crippen LogP contribution is -2.42. The minimum atomic E-state index is -4.83. The number of alkyl halides is 6. The van der Waals surface area contributed by atoms with Crippen molar-refractivity contribution < 1.29 is 35.5 Å². The first-order chi connectivity index (χ1) is 15.2. The Labute approximate surface area is 193 Å². The minimum Gasteiger partial charge on any atom is -0.285 e. The number of amides is 1. The van der Waals surface area contributed by atoms with Crippen LogP contribution in [0, 0.1) is 5.82 Å². The summed E-state index contributed by atoms with van der Waals surface area (Å²) >= 11 is 11.4. The Kier molecular flexibility index (Phi) is 7.18. The van der Waals surface area contributed by atoms with Gasteiger partial charge in [0.25, 0.3) is 0 Å². The number of benzene rings is 2. The highest BCUT2D eigenvalue weighted by Crippen LogP contribution is 2.40. The van der Waals surface area contributed by atoms with Crippen LogP contribution in [-0.2, 0) is 11.2 Å². The molecule has 1 atom stereocenters. The SMILES string of the molecule is O=C(CC(F)(F)F)NN1CCc2cc(/C=C/C(c3cc(Cl)cc(Cl)c3F)C(F)(F)F)ccc21. The van der Waals surface area contributed by atoms with E-state index >= 15 is 0 Å². The van der Waals surface area contributed by atoms with Gasteiger partial charge in [-0.25, -0.2) is 4.39 Å². The molecule has 0 fully saturated rings. The standard InChI is InChI=1S/C21H15Cl2F7N2O/c22-13-8-14(19(24)16(23)9-13)15(21(28,29)30)3-1-11-2-4-17-12(7-11)5-6-32(17)31-18(33)10-20(25,26)27/h1-4,7-9,15H,5-6,10H2,(H,31,33)/b3-1+.